The van der Waals surface area contributed by atoms with Crippen LogP contribution in [0.5, 0.6) is 0 Å². The first-order valence-corrected chi connectivity index (χ1v) is 5.74. The molecule has 1 aromatic rings. The second-order valence-electron chi connectivity index (χ2n) is 4.20. The first-order chi connectivity index (χ1) is 6.21. The summed E-state index contributed by atoms with van der Waals surface area (Å²) in [5.74, 6) is 0. The van der Waals surface area contributed by atoms with E-state index < -0.39 is 10.0 Å². The summed E-state index contributed by atoms with van der Waals surface area (Å²) in [5.41, 5.74) is 0.720. The molecule has 0 radical (unpaired) electrons. The van der Waals surface area contributed by atoms with E-state index in [0.717, 1.165) is 5.56 Å². The topological polar surface area (TPSA) is 73.0 Å². The zero-order valence-electron chi connectivity index (χ0n) is 8.48. The maximum absolute atomic E-state index is 11.0. The molecule has 0 saturated carbocycles. The summed E-state index contributed by atoms with van der Waals surface area (Å²) in [6.07, 6.45) is 2.90. The van der Waals surface area contributed by atoms with E-state index in [4.69, 9.17) is 5.14 Å². The standard InChI is InChI=1S/C9H14N2O2S/c1-9(2,3)7-4-8(6-11-5-7)14(10,12)13/h4-6H,1-3H3,(H2,10,12,13). The molecule has 1 aromatic heterocycles. The van der Waals surface area contributed by atoms with Crippen molar-refractivity contribution in [2.75, 3.05) is 0 Å². The number of hydrogen-bond acceptors (Lipinski definition) is 3. The molecule has 1 rings (SSSR count). The van der Waals surface area contributed by atoms with Crippen molar-refractivity contribution >= 4 is 10.0 Å². The zero-order chi connectivity index (χ0) is 11.0. The number of hydrogen-bond donors (Lipinski definition) is 1. The molecule has 2 N–H and O–H groups in total. The average molecular weight is 214 g/mol. The minimum Gasteiger partial charge on any atom is -0.263 e. The van der Waals surface area contributed by atoms with Gasteiger partial charge in [-0.3, -0.25) is 4.98 Å². The number of sulfonamides is 1. The van der Waals surface area contributed by atoms with Crippen molar-refractivity contribution in [3.8, 4) is 0 Å². The van der Waals surface area contributed by atoms with Crippen LogP contribution in [-0.2, 0) is 15.4 Å². The molecule has 0 aromatic carbocycles. The third-order valence-corrected chi connectivity index (χ3v) is 2.79. The summed E-state index contributed by atoms with van der Waals surface area (Å²) < 4.78 is 22.1. The molecule has 4 nitrogen and oxygen atoms in total. The van der Waals surface area contributed by atoms with Gasteiger partial charge in [0.25, 0.3) is 0 Å². The Kier molecular flexibility index (Phi) is 2.65. The van der Waals surface area contributed by atoms with Crippen molar-refractivity contribution < 1.29 is 8.42 Å². The summed E-state index contributed by atoms with van der Waals surface area (Å²) in [6.45, 7) is 5.95. The molecule has 0 aliphatic carbocycles. The largest absolute Gasteiger partial charge is 0.263 e. The summed E-state index contributed by atoms with van der Waals surface area (Å²) in [7, 11) is -3.65. The van der Waals surface area contributed by atoms with Crippen LogP contribution in [0.4, 0.5) is 0 Å². The second kappa shape index (κ2) is 3.33. The number of nitrogens with zero attached hydrogens (tertiary/aromatic N) is 1. The van der Waals surface area contributed by atoms with Crippen LogP contribution in [0.25, 0.3) is 0 Å². The van der Waals surface area contributed by atoms with Gasteiger partial charge in [-0.1, -0.05) is 20.8 Å². The first-order valence-electron chi connectivity index (χ1n) is 4.19. The molecule has 0 aliphatic heterocycles. The normalized spacial score (nSPS) is 12.9. The third-order valence-electron chi connectivity index (χ3n) is 1.91. The molecule has 0 unspecified atom stereocenters. The lowest BCUT2D eigenvalue weighted by Crippen LogP contribution is -2.16. The quantitative estimate of drug-likeness (QED) is 0.758. The molecule has 0 saturated heterocycles. The number of aromatic nitrogens is 1. The van der Waals surface area contributed by atoms with Crippen LogP contribution < -0.4 is 5.14 Å². The molecule has 1 heterocycles. The Morgan fingerprint density at radius 3 is 2.29 bits per heavy atom. The SMILES string of the molecule is CC(C)(C)c1cncc(S(N)(=O)=O)c1. The van der Waals surface area contributed by atoms with Gasteiger partial charge in [0.1, 0.15) is 4.90 Å². The molecule has 14 heavy (non-hydrogen) atoms. The van der Waals surface area contributed by atoms with Crippen LogP contribution in [0.1, 0.15) is 26.3 Å². The average Bonchev–Trinajstić information content (AvgIpc) is 2.01. The Bertz CT molecular complexity index is 432. The Labute approximate surface area is 84.2 Å². The molecule has 0 bridgehead atoms. The second-order valence-corrected chi connectivity index (χ2v) is 5.77. The van der Waals surface area contributed by atoms with E-state index in [0.29, 0.717) is 0 Å². The van der Waals surface area contributed by atoms with E-state index in [1.165, 1.54) is 6.20 Å². The van der Waals surface area contributed by atoms with Gasteiger partial charge in [-0.25, -0.2) is 13.6 Å². The molecule has 0 amide bonds. The van der Waals surface area contributed by atoms with E-state index in [1.807, 2.05) is 20.8 Å². The molecule has 0 fully saturated rings. The van der Waals surface area contributed by atoms with E-state index in [1.54, 1.807) is 12.3 Å². The van der Waals surface area contributed by atoms with Crippen LogP contribution in [0, 0.1) is 0 Å². The van der Waals surface area contributed by atoms with Gasteiger partial charge in [-0.2, -0.15) is 0 Å². The summed E-state index contributed by atoms with van der Waals surface area (Å²) in [5, 5.41) is 5.00. The van der Waals surface area contributed by atoms with Gasteiger partial charge >= 0.3 is 0 Å². The molecular formula is C9H14N2O2S. The molecule has 5 heteroatoms. The smallest absolute Gasteiger partial charge is 0.239 e. The van der Waals surface area contributed by atoms with Crippen LogP contribution >= 0.6 is 0 Å². The lowest BCUT2D eigenvalue weighted by atomic mass is 9.88. The summed E-state index contributed by atoms with van der Waals surface area (Å²) in [4.78, 5) is 3.92. The number of pyridine rings is 1. The van der Waals surface area contributed by atoms with Crippen molar-refractivity contribution in [2.45, 2.75) is 31.1 Å². The fourth-order valence-electron chi connectivity index (χ4n) is 0.985. The fraction of sp³-hybridized carbons (Fsp3) is 0.444. The lowest BCUT2D eigenvalue weighted by molar-refractivity contribution is 0.580. The van der Waals surface area contributed by atoms with E-state index in [-0.39, 0.29) is 10.3 Å². The number of nitrogens with two attached hydrogens (primary N) is 1. The van der Waals surface area contributed by atoms with Gasteiger partial charge in [-0.15, -0.1) is 0 Å². The van der Waals surface area contributed by atoms with Crippen LogP contribution in [0.15, 0.2) is 23.4 Å². The lowest BCUT2D eigenvalue weighted by Gasteiger charge is -2.18. The highest BCUT2D eigenvalue weighted by Gasteiger charge is 2.17. The summed E-state index contributed by atoms with van der Waals surface area (Å²) >= 11 is 0. The van der Waals surface area contributed by atoms with Crippen molar-refractivity contribution in [1.29, 1.82) is 0 Å². The van der Waals surface area contributed by atoms with Crippen LogP contribution in [0.2, 0.25) is 0 Å². The van der Waals surface area contributed by atoms with Gasteiger partial charge in [0, 0.05) is 12.4 Å². The Morgan fingerprint density at radius 2 is 1.86 bits per heavy atom. The molecule has 0 atom stereocenters. The molecular weight excluding hydrogens is 200 g/mol. The minimum atomic E-state index is -3.65. The maximum atomic E-state index is 11.0. The van der Waals surface area contributed by atoms with E-state index >= 15 is 0 Å². The van der Waals surface area contributed by atoms with Crippen molar-refractivity contribution in [3.63, 3.8) is 0 Å². The Balaban J connectivity index is 3.29. The highest BCUT2D eigenvalue weighted by atomic mass is 32.2. The highest BCUT2D eigenvalue weighted by Crippen LogP contribution is 2.22. The van der Waals surface area contributed by atoms with Crippen molar-refractivity contribution in [1.82, 2.24) is 4.98 Å². The van der Waals surface area contributed by atoms with Gasteiger partial charge < -0.3 is 0 Å². The predicted molar refractivity (Wildman–Crippen MR) is 54.3 cm³/mol. The monoisotopic (exact) mass is 214 g/mol. The van der Waals surface area contributed by atoms with Crippen LogP contribution in [0.3, 0.4) is 0 Å². The van der Waals surface area contributed by atoms with Crippen molar-refractivity contribution in [2.24, 2.45) is 5.14 Å². The van der Waals surface area contributed by atoms with Crippen LogP contribution in [-0.4, -0.2) is 13.4 Å². The van der Waals surface area contributed by atoms with Crippen molar-refractivity contribution in [3.05, 3.63) is 24.0 Å². The van der Waals surface area contributed by atoms with Gasteiger partial charge in [-0.05, 0) is 17.0 Å². The third kappa shape index (κ3) is 2.52. The number of rotatable bonds is 1. The molecule has 78 valence electrons. The predicted octanol–water partition coefficient (Wildman–Crippen LogP) is 1.03. The highest BCUT2D eigenvalue weighted by molar-refractivity contribution is 7.89. The fourth-order valence-corrected chi connectivity index (χ4v) is 1.48. The summed E-state index contributed by atoms with van der Waals surface area (Å²) in [6, 6.07) is 1.56. The number of primary sulfonamides is 1. The molecule has 0 spiro atoms. The molecule has 0 aliphatic rings. The van der Waals surface area contributed by atoms with Gasteiger partial charge in [0.2, 0.25) is 10.0 Å². The van der Waals surface area contributed by atoms with Gasteiger partial charge in [0.05, 0.1) is 0 Å². The first kappa shape index (κ1) is 11.1. The maximum Gasteiger partial charge on any atom is 0.239 e. The van der Waals surface area contributed by atoms with Gasteiger partial charge in [0.15, 0.2) is 0 Å². The van der Waals surface area contributed by atoms with E-state index in [9.17, 15) is 8.42 Å². The van der Waals surface area contributed by atoms with E-state index in [2.05, 4.69) is 4.98 Å². The minimum absolute atomic E-state index is 0.0601. The zero-order valence-corrected chi connectivity index (χ0v) is 9.30. The Hall–Kier alpha value is -0.940. The Morgan fingerprint density at radius 1 is 1.29 bits per heavy atom.